The summed E-state index contributed by atoms with van der Waals surface area (Å²) in [7, 11) is -3.62. The molecule has 0 fully saturated rings. The zero-order valence-corrected chi connectivity index (χ0v) is 12.7. The van der Waals surface area contributed by atoms with Crippen LogP contribution in [0.1, 0.15) is 29.2 Å². The lowest BCUT2D eigenvalue weighted by Crippen LogP contribution is -2.18. The first-order valence-electron chi connectivity index (χ1n) is 6.92. The van der Waals surface area contributed by atoms with Gasteiger partial charge in [0.25, 0.3) is 0 Å². The quantitative estimate of drug-likeness (QED) is 0.896. The molecule has 0 amide bonds. The van der Waals surface area contributed by atoms with Crippen LogP contribution in [-0.2, 0) is 16.4 Å². The molecular formula is C16H18N2O2S. The Morgan fingerprint density at radius 1 is 1.14 bits per heavy atom. The maximum atomic E-state index is 11.3. The Hall–Kier alpha value is -1.85. The van der Waals surface area contributed by atoms with Crippen molar-refractivity contribution in [1.82, 2.24) is 0 Å². The van der Waals surface area contributed by atoms with Crippen molar-refractivity contribution >= 4 is 15.7 Å². The standard InChI is InChI=1S/C16H18N2O2S/c1-11-2-8-16-13(10-11)5-9-15(18-16)12-3-6-14(7-4-12)21(17,19)20/h2-4,6-8,10,15,18H,5,9H2,1H3,(H2,17,19,20). The summed E-state index contributed by atoms with van der Waals surface area (Å²) >= 11 is 0. The summed E-state index contributed by atoms with van der Waals surface area (Å²) < 4.78 is 22.6. The van der Waals surface area contributed by atoms with Crippen molar-refractivity contribution in [2.24, 2.45) is 5.14 Å². The molecule has 1 atom stereocenters. The van der Waals surface area contributed by atoms with Gasteiger partial charge < -0.3 is 5.32 Å². The van der Waals surface area contributed by atoms with Gasteiger partial charge in [0.1, 0.15) is 0 Å². The molecule has 0 saturated heterocycles. The molecular weight excluding hydrogens is 284 g/mol. The van der Waals surface area contributed by atoms with Crippen molar-refractivity contribution in [3.8, 4) is 0 Å². The van der Waals surface area contributed by atoms with Gasteiger partial charge in [-0.05, 0) is 49.1 Å². The SMILES string of the molecule is Cc1ccc2c(c1)CCC(c1ccc(S(N)(=O)=O)cc1)N2. The minimum absolute atomic E-state index is 0.151. The second-order valence-electron chi connectivity index (χ2n) is 5.51. The fraction of sp³-hybridized carbons (Fsp3) is 0.250. The fourth-order valence-electron chi connectivity index (χ4n) is 2.77. The van der Waals surface area contributed by atoms with Crippen molar-refractivity contribution in [1.29, 1.82) is 0 Å². The summed E-state index contributed by atoms with van der Waals surface area (Å²) in [5.74, 6) is 0. The molecule has 0 spiro atoms. The van der Waals surface area contributed by atoms with Gasteiger partial charge in [-0.15, -0.1) is 0 Å². The third kappa shape index (κ3) is 2.94. The molecule has 0 radical (unpaired) electrons. The van der Waals surface area contributed by atoms with E-state index in [2.05, 4.69) is 30.4 Å². The third-order valence-electron chi connectivity index (χ3n) is 3.90. The number of hydrogen-bond acceptors (Lipinski definition) is 3. The van der Waals surface area contributed by atoms with Gasteiger partial charge in [-0.2, -0.15) is 0 Å². The number of nitrogens with two attached hydrogens (primary N) is 1. The van der Waals surface area contributed by atoms with E-state index < -0.39 is 10.0 Å². The van der Waals surface area contributed by atoms with E-state index >= 15 is 0 Å². The number of benzene rings is 2. The van der Waals surface area contributed by atoms with Gasteiger partial charge >= 0.3 is 0 Å². The number of nitrogens with one attached hydrogen (secondary N) is 1. The Bertz CT molecular complexity index is 767. The lowest BCUT2D eigenvalue weighted by Gasteiger charge is -2.27. The molecule has 2 aromatic carbocycles. The summed E-state index contributed by atoms with van der Waals surface area (Å²) in [6.07, 6.45) is 2.01. The fourth-order valence-corrected chi connectivity index (χ4v) is 3.29. The molecule has 3 N–H and O–H groups in total. The number of rotatable bonds is 2. The Balaban J connectivity index is 1.84. The van der Waals surface area contributed by atoms with Crippen LogP contribution < -0.4 is 10.5 Å². The van der Waals surface area contributed by atoms with Gasteiger partial charge in [-0.3, -0.25) is 0 Å². The van der Waals surface area contributed by atoms with Crippen LogP contribution in [0.4, 0.5) is 5.69 Å². The van der Waals surface area contributed by atoms with Crippen LogP contribution in [0.5, 0.6) is 0 Å². The number of sulfonamides is 1. The molecule has 2 aromatic rings. The Labute approximate surface area is 125 Å². The highest BCUT2D eigenvalue weighted by molar-refractivity contribution is 7.89. The predicted octanol–water partition coefficient (Wildman–Crippen LogP) is 2.74. The molecule has 1 heterocycles. The summed E-state index contributed by atoms with van der Waals surface area (Å²) in [4.78, 5) is 0.151. The molecule has 3 rings (SSSR count). The van der Waals surface area contributed by atoms with Crippen LogP contribution in [-0.4, -0.2) is 8.42 Å². The van der Waals surface area contributed by atoms with Crippen molar-refractivity contribution in [3.05, 3.63) is 59.2 Å². The maximum Gasteiger partial charge on any atom is 0.238 e. The average Bonchev–Trinajstić information content (AvgIpc) is 2.46. The molecule has 0 saturated carbocycles. The number of hydrogen-bond donors (Lipinski definition) is 2. The zero-order chi connectivity index (χ0) is 15.0. The molecule has 0 bridgehead atoms. The Kier molecular flexibility index (Phi) is 3.47. The lowest BCUT2D eigenvalue weighted by molar-refractivity contribution is 0.597. The van der Waals surface area contributed by atoms with Gasteiger partial charge in [0.05, 0.1) is 10.9 Å². The molecule has 1 aliphatic rings. The zero-order valence-electron chi connectivity index (χ0n) is 11.8. The predicted molar refractivity (Wildman–Crippen MR) is 83.7 cm³/mol. The van der Waals surface area contributed by atoms with Crippen LogP contribution >= 0.6 is 0 Å². The smallest absolute Gasteiger partial charge is 0.238 e. The van der Waals surface area contributed by atoms with E-state index in [1.165, 1.54) is 11.1 Å². The van der Waals surface area contributed by atoms with Crippen LogP contribution in [0.2, 0.25) is 0 Å². The van der Waals surface area contributed by atoms with Crippen LogP contribution in [0.3, 0.4) is 0 Å². The molecule has 5 heteroatoms. The number of aryl methyl sites for hydroxylation is 2. The lowest BCUT2D eigenvalue weighted by atomic mass is 9.93. The topological polar surface area (TPSA) is 72.2 Å². The van der Waals surface area contributed by atoms with E-state index in [4.69, 9.17) is 5.14 Å². The monoisotopic (exact) mass is 302 g/mol. The molecule has 21 heavy (non-hydrogen) atoms. The molecule has 4 nitrogen and oxygen atoms in total. The third-order valence-corrected chi connectivity index (χ3v) is 4.83. The van der Waals surface area contributed by atoms with Crippen LogP contribution in [0.15, 0.2) is 47.4 Å². The number of anilines is 1. The molecule has 110 valence electrons. The first kappa shape index (κ1) is 14.1. The average molecular weight is 302 g/mol. The van der Waals surface area contributed by atoms with Crippen LogP contribution in [0.25, 0.3) is 0 Å². The van der Waals surface area contributed by atoms with E-state index in [0.717, 1.165) is 24.1 Å². The minimum Gasteiger partial charge on any atom is -0.378 e. The van der Waals surface area contributed by atoms with Gasteiger partial charge in [0.15, 0.2) is 0 Å². The van der Waals surface area contributed by atoms with Crippen molar-refractivity contribution < 1.29 is 8.42 Å². The highest BCUT2D eigenvalue weighted by Gasteiger charge is 2.19. The first-order chi connectivity index (χ1) is 9.93. The summed E-state index contributed by atoms with van der Waals surface area (Å²) in [5, 5.41) is 8.64. The summed E-state index contributed by atoms with van der Waals surface area (Å²) in [6, 6.07) is 13.4. The van der Waals surface area contributed by atoms with Crippen molar-refractivity contribution in [2.75, 3.05) is 5.32 Å². The van der Waals surface area contributed by atoms with Crippen LogP contribution in [0, 0.1) is 6.92 Å². The molecule has 1 aliphatic heterocycles. The van der Waals surface area contributed by atoms with Crippen molar-refractivity contribution in [3.63, 3.8) is 0 Å². The highest BCUT2D eigenvalue weighted by atomic mass is 32.2. The van der Waals surface area contributed by atoms with Gasteiger partial charge in [0.2, 0.25) is 10.0 Å². The normalized spacial score (nSPS) is 17.9. The summed E-state index contributed by atoms with van der Waals surface area (Å²) in [6.45, 7) is 2.10. The largest absolute Gasteiger partial charge is 0.378 e. The van der Waals surface area contributed by atoms with E-state index in [-0.39, 0.29) is 10.9 Å². The summed E-state index contributed by atoms with van der Waals surface area (Å²) in [5.41, 5.74) is 4.85. The number of primary sulfonamides is 1. The van der Waals surface area contributed by atoms with E-state index in [1.54, 1.807) is 12.1 Å². The first-order valence-corrected chi connectivity index (χ1v) is 8.47. The highest BCUT2D eigenvalue weighted by Crippen LogP contribution is 2.33. The van der Waals surface area contributed by atoms with E-state index in [0.29, 0.717) is 0 Å². The van der Waals surface area contributed by atoms with E-state index in [9.17, 15) is 8.42 Å². The molecule has 0 aromatic heterocycles. The Morgan fingerprint density at radius 3 is 2.52 bits per heavy atom. The number of fused-ring (bicyclic) bond motifs is 1. The van der Waals surface area contributed by atoms with Gasteiger partial charge in [0, 0.05) is 5.69 Å². The van der Waals surface area contributed by atoms with Gasteiger partial charge in [-0.1, -0.05) is 29.8 Å². The Morgan fingerprint density at radius 2 is 1.86 bits per heavy atom. The maximum absolute atomic E-state index is 11.3. The van der Waals surface area contributed by atoms with E-state index in [1.807, 2.05) is 12.1 Å². The van der Waals surface area contributed by atoms with Gasteiger partial charge in [-0.25, -0.2) is 13.6 Å². The molecule has 1 unspecified atom stereocenters. The second-order valence-corrected chi connectivity index (χ2v) is 7.07. The van der Waals surface area contributed by atoms with Crippen molar-refractivity contribution in [2.45, 2.75) is 30.7 Å². The minimum atomic E-state index is -3.62. The second kappa shape index (κ2) is 5.16. The molecule has 0 aliphatic carbocycles.